The third-order valence-corrected chi connectivity index (χ3v) is 5.57. The van der Waals surface area contributed by atoms with Crippen molar-refractivity contribution in [1.29, 1.82) is 0 Å². The number of carbonyl (C=O) groups excluding carboxylic acids is 2. The maximum atomic E-state index is 12.3. The van der Waals surface area contributed by atoms with E-state index < -0.39 is 11.9 Å². The van der Waals surface area contributed by atoms with Crippen LogP contribution in [0.2, 0.25) is 5.02 Å². The van der Waals surface area contributed by atoms with Crippen LogP contribution in [0.25, 0.3) is 9.88 Å². The number of thiophene rings is 1. The zero-order valence-corrected chi connectivity index (χ0v) is 15.4. The molecule has 0 fully saturated rings. The van der Waals surface area contributed by atoms with Gasteiger partial charge in [-0.3, -0.25) is 10.2 Å². The average molecular weight is 393 g/mol. The van der Waals surface area contributed by atoms with Crippen molar-refractivity contribution in [2.45, 2.75) is 6.92 Å². The van der Waals surface area contributed by atoms with Crippen molar-refractivity contribution in [1.82, 2.24) is 15.8 Å². The first-order valence-electron chi connectivity index (χ1n) is 7.17. The fraction of sp³-hybridized carbons (Fsp3) is 0.0625. The molecule has 1 aromatic carbocycles. The number of hydrazine groups is 1. The number of benzene rings is 1. The van der Waals surface area contributed by atoms with E-state index >= 15 is 0 Å². The largest absolute Gasteiger partial charge is 0.337 e. The molecule has 9 heteroatoms. The molecule has 0 unspecified atom stereocenters. The van der Waals surface area contributed by atoms with Crippen molar-refractivity contribution in [2.75, 3.05) is 5.32 Å². The molecule has 0 aliphatic heterocycles. The highest BCUT2D eigenvalue weighted by molar-refractivity contribution is 7.22. The minimum atomic E-state index is -0.559. The van der Waals surface area contributed by atoms with Gasteiger partial charge in [-0.2, -0.15) is 0 Å². The third-order valence-electron chi connectivity index (χ3n) is 3.13. The number of nitrogens with zero attached hydrogens (tertiary/aromatic N) is 1. The number of hydrogen-bond donors (Lipinski definition) is 3. The maximum absolute atomic E-state index is 12.3. The van der Waals surface area contributed by atoms with E-state index in [2.05, 4.69) is 21.2 Å². The Morgan fingerprint density at radius 1 is 1.12 bits per heavy atom. The summed E-state index contributed by atoms with van der Waals surface area (Å²) in [4.78, 5) is 29.9. The van der Waals surface area contributed by atoms with Crippen LogP contribution < -0.4 is 16.2 Å². The van der Waals surface area contributed by atoms with Crippen molar-refractivity contribution < 1.29 is 9.59 Å². The number of nitrogens with one attached hydrogen (secondary N) is 3. The molecule has 3 rings (SSSR count). The molecule has 0 atom stereocenters. The molecule has 0 aliphatic rings. The Labute approximate surface area is 156 Å². The Kier molecular flexibility index (Phi) is 5.32. The lowest BCUT2D eigenvalue weighted by Crippen LogP contribution is -2.43. The summed E-state index contributed by atoms with van der Waals surface area (Å²) >= 11 is 8.62. The topological polar surface area (TPSA) is 83.1 Å². The second-order valence-corrected chi connectivity index (χ2v) is 7.33. The van der Waals surface area contributed by atoms with Crippen molar-refractivity contribution in [2.24, 2.45) is 0 Å². The number of anilines is 1. The summed E-state index contributed by atoms with van der Waals surface area (Å²) in [5.74, 6) is -0.413. The molecule has 25 heavy (non-hydrogen) atoms. The van der Waals surface area contributed by atoms with Crippen LogP contribution in [0.15, 0.2) is 41.8 Å². The minimum Gasteiger partial charge on any atom is -0.307 e. The summed E-state index contributed by atoms with van der Waals surface area (Å²) < 4.78 is 0. The summed E-state index contributed by atoms with van der Waals surface area (Å²) in [6, 6.07) is 9.94. The lowest BCUT2D eigenvalue weighted by atomic mass is 10.3. The molecule has 3 N–H and O–H groups in total. The van der Waals surface area contributed by atoms with Gasteiger partial charge in [0.2, 0.25) is 0 Å². The van der Waals surface area contributed by atoms with Crippen LogP contribution in [-0.4, -0.2) is 16.9 Å². The molecular weight excluding hydrogens is 380 g/mol. The van der Waals surface area contributed by atoms with Crippen molar-refractivity contribution in [3.63, 3.8) is 0 Å². The molecule has 0 saturated carbocycles. The number of thiazole rings is 1. The monoisotopic (exact) mass is 392 g/mol. The predicted octanol–water partition coefficient (Wildman–Crippen LogP) is 4.30. The van der Waals surface area contributed by atoms with Crippen LogP contribution in [0.1, 0.15) is 15.4 Å². The predicted molar refractivity (Wildman–Crippen MR) is 101 cm³/mol. The number of carbonyl (C=O) groups is 2. The second-order valence-electron chi connectivity index (χ2n) is 4.95. The average Bonchev–Trinajstić information content (AvgIpc) is 3.24. The molecule has 3 amide bonds. The number of halogens is 1. The van der Waals surface area contributed by atoms with E-state index in [1.165, 1.54) is 11.3 Å². The fourth-order valence-corrected chi connectivity index (χ4v) is 3.86. The number of rotatable bonds is 3. The highest BCUT2D eigenvalue weighted by Crippen LogP contribution is 2.30. The normalized spacial score (nSPS) is 10.3. The minimum absolute atomic E-state index is 0.413. The standard InChI is InChI=1S/C16H13ClN4O2S2/c1-9-13(25-15(18-9)12-3-2-8-24-12)14(22)20-21-16(23)19-11-6-4-10(17)5-7-11/h2-8H,1H3,(H,20,22)(H2,19,21,23). The number of aryl methyl sites for hydroxylation is 1. The van der Waals surface area contributed by atoms with Gasteiger partial charge in [-0.25, -0.2) is 15.2 Å². The van der Waals surface area contributed by atoms with Crippen LogP contribution in [0.3, 0.4) is 0 Å². The van der Waals surface area contributed by atoms with Gasteiger partial charge in [0.1, 0.15) is 9.88 Å². The van der Waals surface area contributed by atoms with E-state index in [0.717, 1.165) is 9.88 Å². The summed E-state index contributed by atoms with van der Waals surface area (Å²) in [6.45, 7) is 1.76. The molecule has 0 radical (unpaired) electrons. The summed E-state index contributed by atoms with van der Waals surface area (Å²) in [5.41, 5.74) is 5.87. The molecule has 0 spiro atoms. The Morgan fingerprint density at radius 3 is 2.56 bits per heavy atom. The van der Waals surface area contributed by atoms with E-state index in [9.17, 15) is 9.59 Å². The Balaban J connectivity index is 1.59. The van der Waals surface area contributed by atoms with Crippen LogP contribution >= 0.6 is 34.3 Å². The zero-order chi connectivity index (χ0) is 17.8. The van der Waals surface area contributed by atoms with E-state index in [1.807, 2.05) is 17.5 Å². The highest BCUT2D eigenvalue weighted by atomic mass is 35.5. The first kappa shape index (κ1) is 17.4. The maximum Gasteiger partial charge on any atom is 0.337 e. The quantitative estimate of drug-likeness (QED) is 0.581. The molecule has 0 aliphatic carbocycles. The molecule has 6 nitrogen and oxygen atoms in total. The van der Waals surface area contributed by atoms with Crippen molar-refractivity contribution in [3.8, 4) is 9.88 Å². The summed E-state index contributed by atoms with van der Waals surface area (Å²) in [7, 11) is 0. The Hall–Kier alpha value is -2.42. The third kappa shape index (κ3) is 4.36. The first-order chi connectivity index (χ1) is 12.0. The summed E-state index contributed by atoms with van der Waals surface area (Å²) in [6.07, 6.45) is 0. The van der Waals surface area contributed by atoms with Crippen LogP contribution in [-0.2, 0) is 0 Å². The molecule has 0 bridgehead atoms. The number of urea groups is 1. The van der Waals surface area contributed by atoms with Gasteiger partial charge in [0.05, 0.1) is 10.6 Å². The molecule has 2 aromatic heterocycles. The molecule has 128 valence electrons. The van der Waals surface area contributed by atoms with Gasteiger partial charge >= 0.3 is 6.03 Å². The van der Waals surface area contributed by atoms with Gasteiger partial charge in [0.15, 0.2) is 0 Å². The van der Waals surface area contributed by atoms with E-state index in [1.54, 1.807) is 42.5 Å². The van der Waals surface area contributed by atoms with Gasteiger partial charge in [0, 0.05) is 10.7 Å². The molecular formula is C16H13ClN4O2S2. The van der Waals surface area contributed by atoms with Crippen molar-refractivity contribution >= 4 is 51.9 Å². The lowest BCUT2D eigenvalue weighted by molar-refractivity contribution is 0.0941. The lowest BCUT2D eigenvalue weighted by Gasteiger charge is -2.08. The molecule has 3 aromatic rings. The van der Waals surface area contributed by atoms with Gasteiger partial charge in [-0.15, -0.1) is 22.7 Å². The first-order valence-corrected chi connectivity index (χ1v) is 9.24. The van der Waals surface area contributed by atoms with Crippen LogP contribution in [0.4, 0.5) is 10.5 Å². The van der Waals surface area contributed by atoms with Crippen molar-refractivity contribution in [3.05, 3.63) is 57.4 Å². The number of aromatic nitrogens is 1. The van der Waals surface area contributed by atoms with Crippen LogP contribution in [0, 0.1) is 6.92 Å². The fourth-order valence-electron chi connectivity index (χ4n) is 1.98. The Morgan fingerprint density at radius 2 is 1.88 bits per heavy atom. The van der Waals surface area contributed by atoms with Gasteiger partial charge in [-0.1, -0.05) is 17.7 Å². The second kappa shape index (κ2) is 7.64. The summed E-state index contributed by atoms with van der Waals surface area (Å²) in [5, 5.41) is 5.89. The number of hydrogen-bond acceptors (Lipinski definition) is 5. The van der Waals surface area contributed by atoms with Gasteiger partial charge in [-0.05, 0) is 42.6 Å². The van der Waals surface area contributed by atoms with Gasteiger partial charge < -0.3 is 5.32 Å². The highest BCUT2D eigenvalue weighted by Gasteiger charge is 2.17. The van der Waals surface area contributed by atoms with Gasteiger partial charge in [0.25, 0.3) is 5.91 Å². The smallest absolute Gasteiger partial charge is 0.307 e. The zero-order valence-electron chi connectivity index (χ0n) is 13.0. The number of amides is 3. The SMILES string of the molecule is Cc1nc(-c2cccs2)sc1C(=O)NNC(=O)Nc1ccc(Cl)cc1. The van der Waals surface area contributed by atoms with E-state index in [0.29, 0.717) is 21.3 Å². The van der Waals surface area contributed by atoms with E-state index in [4.69, 9.17) is 11.6 Å². The molecule has 2 heterocycles. The molecule has 0 saturated heterocycles. The van der Waals surface area contributed by atoms with E-state index in [-0.39, 0.29) is 0 Å². The Bertz CT molecular complexity index is 892. The van der Waals surface area contributed by atoms with Crippen LogP contribution in [0.5, 0.6) is 0 Å².